The first-order valence-corrected chi connectivity index (χ1v) is 8.65. The van der Waals surface area contributed by atoms with E-state index < -0.39 is 0 Å². The first-order chi connectivity index (χ1) is 12.0. The summed E-state index contributed by atoms with van der Waals surface area (Å²) in [6, 6.07) is 1.73. The number of rotatable bonds is 4. The molecule has 7 nitrogen and oxygen atoms in total. The van der Waals surface area contributed by atoms with Crippen molar-refractivity contribution in [2.45, 2.75) is 26.2 Å². The summed E-state index contributed by atoms with van der Waals surface area (Å²) in [5.41, 5.74) is 6.69. The van der Waals surface area contributed by atoms with Crippen LogP contribution in [0.5, 0.6) is 0 Å². The van der Waals surface area contributed by atoms with E-state index in [0.29, 0.717) is 54.0 Å². The molecule has 0 aliphatic carbocycles. The zero-order valence-electron chi connectivity index (χ0n) is 14.3. The van der Waals surface area contributed by atoms with Gasteiger partial charge in [-0.05, 0) is 18.9 Å². The second kappa shape index (κ2) is 7.31. The van der Waals surface area contributed by atoms with E-state index in [4.69, 9.17) is 26.5 Å². The molecule has 134 valence electrons. The van der Waals surface area contributed by atoms with E-state index in [1.807, 2.05) is 11.8 Å². The number of piperidine rings is 1. The van der Waals surface area contributed by atoms with Gasteiger partial charge in [-0.2, -0.15) is 0 Å². The Morgan fingerprint density at radius 2 is 2.20 bits per heavy atom. The summed E-state index contributed by atoms with van der Waals surface area (Å²) in [5.74, 6) is 1.90. The number of nitrogen functional groups attached to an aromatic ring is 1. The second-order valence-electron chi connectivity index (χ2n) is 6.00. The third-order valence-corrected chi connectivity index (χ3v) is 4.73. The van der Waals surface area contributed by atoms with E-state index in [2.05, 4.69) is 9.97 Å². The van der Waals surface area contributed by atoms with Crippen molar-refractivity contribution in [1.82, 2.24) is 9.97 Å². The molecular weight excluding hydrogens is 344 g/mol. The van der Waals surface area contributed by atoms with Crippen LogP contribution in [0.2, 0.25) is 5.02 Å². The van der Waals surface area contributed by atoms with Crippen molar-refractivity contribution in [1.29, 1.82) is 0 Å². The van der Waals surface area contributed by atoms with Crippen molar-refractivity contribution in [2.75, 3.05) is 30.8 Å². The van der Waals surface area contributed by atoms with Gasteiger partial charge in [0.05, 0.1) is 29.8 Å². The van der Waals surface area contributed by atoms with Gasteiger partial charge in [0.2, 0.25) is 5.89 Å². The lowest BCUT2D eigenvalue weighted by atomic mass is 9.97. The summed E-state index contributed by atoms with van der Waals surface area (Å²) in [6.07, 6.45) is 3.83. The number of nitrogens with two attached hydrogens (primary N) is 1. The van der Waals surface area contributed by atoms with E-state index in [9.17, 15) is 4.79 Å². The predicted molar refractivity (Wildman–Crippen MR) is 95.5 cm³/mol. The summed E-state index contributed by atoms with van der Waals surface area (Å²) in [5, 5.41) is 0.483. The van der Waals surface area contributed by atoms with Crippen molar-refractivity contribution in [3.05, 3.63) is 23.0 Å². The van der Waals surface area contributed by atoms with E-state index >= 15 is 0 Å². The highest BCUT2D eigenvalue weighted by Crippen LogP contribution is 2.34. The molecule has 2 N–H and O–H groups in total. The van der Waals surface area contributed by atoms with Crippen molar-refractivity contribution in [3.63, 3.8) is 0 Å². The Morgan fingerprint density at radius 1 is 1.48 bits per heavy atom. The largest absolute Gasteiger partial charge is 0.469 e. The molecule has 1 aliphatic rings. The molecule has 1 aliphatic heterocycles. The average molecular weight is 365 g/mol. The maximum atomic E-state index is 11.6. The molecule has 3 rings (SSSR count). The number of pyridine rings is 1. The molecule has 25 heavy (non-hydrogen) atoms. The Balaban J connectivity index is 1.80. The molecule has 0 atom stereocenters. The van der Waals surface area contributed by atoms with Gasteiger partial charge in [-0.15, -0.1) is 0 Å². The molecule has 0 saturated carbocycles. The first-order valence-electron chi connectivity index (χ1n) is 8.27. The fourth-order valence-electron chi connectivity index (χ4n) is 2.98. The Bertz CT molecular complexity index is 769. The van der Waals surface area contributed by atoms with E-state index in [1.165, 1.54) is 7.11 Å². The van der Waals surface area contributed by atoms with Gasteiger partial charge >= 0.3 is 5.97 Å². The third-order valence-electron chi connectivity index (χ3n) is 4.45. The Hall–Kier alpha value is -2.28. The van der Waals surface area contributed by atoms with Crippen LogP contribution in [0.4, 0.5) is 11.6 Å². The number of nitrogens with zero attached hydrogens (tertiary/aromatic N) is 3. The Labute approximate surface area is 151 Å². The minimum absolute atomic E-state index is 0.0728. The van der Waals surface area contributed by atoms with Crippen LogP contribution in [0.25, 0.3) is 11.5 Å². The molecule has 2 aromatic rings. The zero-order chi connectivity index (χ0) is 18.0. The average Bonchev–Trinajstić information content (AvgIpc) is 3.11. The maximum absolute atomic E-state index is 11.6. The molecule has 0 aromatic carbocycles. The number of anilines is 2. The number of methoxy groups -OCH3 is 1. The normalized spacial score (nSPS) is 15.4. The van der Waals surface area contributed by atoms with Gasteiger partial charge in [-0.1, -0.05) is 18.5 Å². The van der Waals surface area contributed by atoms with Crippen molar-refractivity contribution in [3.8, 4) is 11.5 Å². The standard InChI is InChI=1S/C17H21ClN4O3/c1-3-11-9-20-16(25-11)12-8-13(18)15(21-14(12)19)22-6-4-10(5-7-22)17(23)24-2/h8-10H,3-7H2,1-2H3,(H2,19,21). The number of hydrogen-bond acceptors (Lipinski definition) is 7. The van der Waals surface area contributed by atoms with Crippen LogP contribution in [0.3, 0.4) is 0 Å². The van der Waals surface area contributed by atoms with Crippen molar-refractivity contribution < 1.29 is 13.9 Å². The topological polar surface area (TPSA) is 94.5 Å². The lowest BCUT2D eigenvalue weighted by Crippen LogP contribution is -2.37. The van der Waals surface area contributed by atoms with Crippen LogP contribution >= 0.6 is 11.6 Å². The van der Waals surface area contributed by atoms with E-state index in [1.54, 1.807) is 12.3 Å². The molecule has 8 heteroatoms. The molecule has 1 saturated heterocycles. The quantitative estimate of drug-likeness (QED) is 0.833. The smallest absolute Gasteiger partial charge is 0.308 e. The number of hydrogen-bond donors (Lipinski definition) is 1. The van der Waals surface area contributed by atoms with Crippen LogP contribution in [0.15, 0.2) is 16.7 Å². The van der Waals surface area contributed by atoms with Crippen LogP contribution in [0.1, 0.15) is 25.5 Å². The van der Waals surface area contributed by atoms with Crippen molar-refractivity contribution >= 4 is 29.2 Å². The summed E-state index contributed by atoms with van der Waals surface area (Å²) in [7, 11) is 1.42. The third kappa shape index (κ3) is 3.56. The van der Waals surface area contributed by atoms with Gasteiger partial charge in [0, 0.05) is 19.5 Å². The van der Waals surface area contributed by atoms with Gasteiger partial charge in [-0.3, -0.25) is 4.79 Å². The highest BCUT2D eigenvalue weighted by atomic mass is 35.5. The molecule has 0 bridgehead atoms. The van der Waals surface area contributed by atoms with Gasteiger partial charge in [-0.25, -0.2) is 9.97 Å². The van der Waals surface area contributed by atoms with Crippen LogP contribution in [-0.2, 0) is 16.0 Å². The van der Waals surface area contributed by atoms with E-state index in [0.717, 1.165) is 12.2 Å². The second-order valence-corrected chi connectivity index (χ2v) is 6.40. The van der Waals surface area contributed by atoms with E-state index in [-0.39, 0.29) is 11.9 Å². The number of oxazole rings is 1. The summed E-state index contributed by atoms with van der Waals surface area (Å²) < 4.78 is 10.5. The van der Waals surface area contributed by atoms with Crippen LogP contribution in [0, 0.1) is 5.92 Å². The number of carbonyl (C=O) groups excluding carboxylic acids is 1. The Kier molecular flexibility index (Phi) is 5.13. The van der Waals surface area contributed by atoms with Gasteiger partial charge in [0.25, 0.3) is 0 Å². The predicted octanol–water partition coefficient (Wildman–Crippen LogP) is 2.92. The molecule has 3 heterocycles. The molecule has 0 radical (unpaired) electrons. The summed E-state index contributed by atoms with van der Waals surface area (Å²) in [6.45, 7) is 3.33. The number of esters is 1. The lowest BCUT2D eigenvalue weighted by molar-refractivity contribution is -0.146. The highest BCUT2D eigenvalue weighted by molar-refractivity contribution is 6.33. The molecule has 2 aromatic heterocycles. The SMILES string of the molecule is CCc1cnc(-c2cc(Cl)c(N3CCC(C(=O)OC)CC3)nc2N)o1. The van der Waals surface area contributed by atoms with Crippen LogP contribution < -0.4 is 10.6 Å². The number of halogens is 1. The minimum atomic E-state index is -0.163. The first kappa shape index (κ1) is 17.5. The minimum Gasteiger partial charge on any atom is -0.469 e. The molecule has 0 spiro atoms. The fraction of sp³-hybridized carbons (Fsp3) is 0.471. The monoisotopic (exact) mass is 364 g/mol. The molecular formula is C17H21ClN4O3. The number of aryl methyl sites for hydroxylation is 1. The van der Waals surface area contributed by atoms with Gasteiger partial charge < -0.3 is 19.8 Å². The highest BCUT2D eigenvalue weighted by Gasteiger charge is 2.28. The number of aromatic nitrogens is 2. The summed E-state index contributed by atoms with van der Waals surface area (Å²) >= 11 is 6.43. The maximum Gasteiger partial charge on any atom is 0.308 e. The lowest BCUT2D eigenvalue weighted by Gasteiger charge is -2.32. The molecule has 1 fully saturated rings. The molecule has 0 amide bonds. The van der Waals surface area contributed by atoms with Crippen LogP contribution in [-0.4, -0.2) is 36.1 Å². The van der Waals surface area contributed by atoms with Gasteiger partial charge in [0.1, 0.15) is 17.4 Å². The fourth-order valence-corrected chi connectivity index (χ4v) is 3.25. The zero-order valence-corrected chi connectivity index (χ0v) is 15.0. The summed E-state index contributed by atoms with van der Waals surface area (Å²) in [4.78, 5) is 22.4. The number of ether oxygens (including phenoxy) is 1. The van der Waals surface area contributed by atoms with Crippen molar-refractivity contribution in [2.24, 2.45) is 5.92 Å². The Morgan fingerprint density at radius 3 is 2.80 bits per heavy atom. The number of carbonyl (C=O) groups is 1. The van der Waals surface area contributed by atoms with Gasteiger partial charge in [0.15, 0.2) is 0 Å². The molecule has 0 unspecified atom stereocenters.